The van der Waals surface area contributed by atoms with Gasteiger partial charge in [0.25, 0.3) is 0 Å². The highest BCUT2D eigenvalue weighted by Crippen LogP contribution is 2.15. The predicted molar refractivity (Wildman–Crippen MR) is 105 cm³/mol. The molecule has 11 heteroatoms. The largest absolute Gasteiger partial charge is 0.490 e. The normalized spacial score (nSPS) is 12.9. The SMILES string of the molecule is Cc1ccc(S(=O)(=O)NC(C)C(=O)OCCOc2ccc(S(N)(=O)=O)cc2)cc1. The fraction of sp³-hybridized carbons (Fsp3) is 0.278. The Balaban J connectivity index is 1.80. The first-order chi connectivity index (χ1) is 13.5. The van der Waals surface area contributed by atoms with Crippen molar-refractivity contribution in [1.82, 2.24) is 4.72 Å². The maximum Gasteiger partial charge on any atom is 0.324 e. The van der Waals surface area contributed by atoms with Crippen LogP contribution in [0.15, 0.2) is 58.3 Å². The number of nitrogens with two attached hydrogens (primary N) is 1. The van der Waals surface area contributed by atoms with Gasteiger partial charge in [-0.15, -0.1) is 0 Å². The average molecular weight is 443 g/mol. The number of sulfonamides is 2. The van der Waals surface area contributed by atoms with Gasteiger partial charge in [0.2, 0.25) is 20.0 Å². The molecule has 0 aromatic heterocycles. The zero-order valence-corrected chi connectivity index (χ0v) is 17.5. The van der Waals surface area contributed by atoms with Gasteiger partial charge in [0.15, 0.2) is 0 Å². The Morgan fingerprint density at radius 3 is 2.07 bits per heavy atom. The molecule has 29 heavy (non-hydrogen) atoms. The van der Waals surface area contributed by atoms with Gasteiger partial charge in [-0.05, 0) is 50.2 Å². The number of nitrogens with one attached hydrogen (secondary N) is 1. The third kappa shape index (κ3) is 6.82. The second-order valence-electron chi connectivity index (χ2n) is 6.19. The second-order valence-corrected chi connectivity index (χ2v) is 9.46. The van der Waals surface area contributed by atoms with E-state index in [2.05, 4.69) is 4.72 Å². The van der Waals surface area contributed by atoms with Crippen LogP contribution in [-0.4, -0.2) is 42.1 Å². The van der Waals surface area contributed by atoms with E-state index in [1.165, 1.54) is 43.3 Å². The molecule has 2 rings (SSSR count). The van der Waals surface area contributed by atoms with Crippen LogP contribution in [0, 0.1) is 6.92 Å². The van der Waals surface area contributed by atoms with Gasteiger partial charge in [0, 0.05) is 0 Å². The minimum atomic E-state index is -3.85. The topological polar surface area (TPSA) is 142 Å². The number of benzene rings is 2. The Hall–Kier alpha value is -2.47. The molecule has 0 radical (unpaired) electrons. The van der Waals surface area contributed by atoms with E-state index in [1.807, 2.05) is 6.92 Å². The third-order valence-electron chi connectivity index (χ3n) is 3.77. The summed E-state index contributed by atoms with van der Waals surface area (Å²) < 4.78 is 59.5. The first kappa shape index (κ1) is 22.8. The van der Waals surface area contributed by atoms with E-state index in [-0.39, 0.29) is 23.0 Å². The third-order valence-corrected chi connectivity index (χ3v) is 6.25. The Bertz CT molecular complexity index is 1050. The van der Waals surface area contributed by atoms with Crippen LogP contribution in [-0.2, 0) is 29.6 Å². The molecular weight excluding hydrogens is 420 g/mol. The summed E-state index contributed by atoms with van der Waals surface area (Å²) in [5, 5.41) is 5.00. The number of carbonyl (C=O) groups is 1. The molecule has 0 bridgehead atoms. The highest BCUT2D eigenvalue weighted by atomic mass is 32.2. The molecule has 2 aromatic rings. The molecule has 158 valence electrons. The van der Waals surface area contributed by atoms with Crippen molar-refractivity contribution >= 4 is 26.0 Å². The van der Waals surface area contributed by atoms with Crippen molar-refractivity contribution < 1.29 is 31.1 Å². The lowest BCUT2D eigenvalue weighted by atomic mass is 10.2. The minimum Gasteiger partial charge on any atom is -0.490 e. The van der Waals surface area contributed by atoms with Crippen LogP contribution in [0.4, 0.5) is 0 Å². The molecule has 2 aromatic carbocycles. The van der Waals surface area contributed by atoms with Gasteiger partial charge in [-0.2, -0.15) is 4.72 Å². The van der Waals surface area contributed by atoms with Crippen LogP contribution in [0.25, 0.3) is 0 Å². The van der Waals surface area contributed by atoms with Crippen molar-refractivity contribution in [2.45, 2.75) is 29.7 Å². The van der Waals surface area contributed by atoms with E-state index in [0.29, 0.717) is 5.75 Å². The van der Waals surface area contributed by atoms with E-state index < -0.39 is 32.1 Å². The number of ether oxygens (including phenoxy) is 2. The van der Waals surface area contributed by atoms with Crippen LogP contribution in [0.5, 0.6) is 5.75 Å². The van der Waals surface area contributed by atoms with Crippen molar-refractivity contribution in [2.24, 2.45) is 5.14 Å². The summed E-state index contributed by atoms with van der Waals surface area (Å²) in [5.41, 5.74) is 0.913. The quantitative estimate of drug-likeness (QED) is 0.434. The molecule has 0 aliphatic carbocycles. The van der Waals surface area contributed by atoms with Crippen molar-refractivity contribution in [2.75, 3.05) is 13.2 Å². The molecule has 0 aliphatic heterocycles. The van der Waals surface area contributed by atoms with Crippen LogP contribution in [0.1, 0.15) is 12.5 Å². The van der Waals surface area contributed by atoms with Crippen LogP contribution >= 0.6 is 0 Å². The van der Waals surface area contributed by atoms with Gasteiger partial charge in [-0.25, -0.2) is 22.0 Å². The predicted octanol–water partition coefficient (Wildman–Crippen LogP) is 0.931. The summed E-state index contributed by atoms with van der Waals surface area (Å²) in [7, 11) is -7.64. The van der Waals surface area contributed by atoms with E-state index >= 15 is 0 Å². The lowest BCUT2D eigenvalue weighted by Crippen LogP contribution is -2.39. The number of esters is 1. The highest BCUT2D eigenvalue weighted by Gasteiger charge is 2.23. The lowest BCUT2D eigenvalue weighted by molar-refractivity contribution is -0.145. The molecule has 9 nitrogen and oxygen atoms in total. The number of hydrogen-bond acceptors (Lipinski definition) is 7. The number of rotatable bonds is 9. The Morgan fingerprint density at radius 2 is 1.52 bits per heavy atom. The van der Waals surface area contributed by atoms with E-state index in [4.69, 9.17) is 14.6 Å². The molecule has 0 aliphatic rings. The fourth-order valence-electron chi connectivity index (χ4n) is 2.22. The van der Waals surface area contributed by atoms with Gasteiger partial charge in [-0.1, -0.05) is 17.7 Å². The fourth-order valence-corrected chi connectivity index (χ4v) is 3.93. The molecule has 0 spiro atoms. The molecule has 1 atom stereocenters. The van der Waals surface area contributed by atoms with Crippen LogP contribution in [0.2, 0.25) is 0 Å². The summed E-state index contributed by atoms with van der Waals surface area (Å²) >= 11 is 0. The summed E-state index contributed by atoms with van der Waals surface area (Å²) in [6.45, 7) is 3.09. The summed E-state index contributed by atoms with van der Waals surface area (Å²) in [6.07, 6.45) is 0. The summed E-state index contributed by atoms with van der Waals surface area (Å²) in [6, 6.07) is 10.5. The van der Waals surface area contributed by atoms with Crippen molar-refractivity contribution in [3.8, 4) is 5.75 Å². The molecular formula is C18H22N2O7S2. The Labute approximate surface area is 169 Å². The van der Waals surface area contributed by atoms with Gasteiger partial charge in [0.05, 0.1) is 9.79 Å². The zero-order chi connectivity index (χ0) is 21.7. The maximum absolute atomic E-state index is 12.3. The van der Waals surface area contributed by atoms with Gasteiger partial charge in [0.1, 0.15) is 25.0 Å². The monoisotopic (exact) mass is 442 g/mol. The Kier molecular flexibility index (Phi) is 7.36. The number of hydrogen-bond donors (Lipinski definition) is 2. The second kappa shape index (κ2) is 9.35. The first-order valence-electron chi connectivity index (χ1n) is 8.50. The lowest BCUT2D eigenvalue weighted by Gasteiger charge is -2.14. The van der Waals surface area contributed by atoms with Crippen molar-refractivity contribution in [1.29, 1.82) is 0 Å². The number of carbonyl (C=O) groups excluding carboxylic acids is 1. The summed E-state index contributed by atoms with van der Waals surface area (Å²) in [5.74, 6) is -0.393. The Morgan fingerprint density at radius 1 is 0.966 bits per heavy atom. The molecule has 3 N–H and O–H groups in total. The molecule has 0 saturated heterocycles. The van der Waals surface area contributed by atoms with E-state index in [9.17, 15) is 21.6 Å². The van der Waals surface area contributed by atoms with Gasteiger partial charge < -0.3 is 9.47 Å². The van der Waals surface area contributed by atoms with Crippen molar-refractivity contribution in [3.63, 3.8) is 0 Å². The first-order valence-corrected chi connectivity index (χ1v) is 11.5. The van der Waals surface area contributed by atoms with Crippen LogP contribution < -0.4 is 14.6 Å². The molecule has 0 fully saturated rings. The van der Waals surface area contributed by atoms with E-state index in [1.54, 1.807) is 12.1 Å². The standard InChI is InChI=1S/C18H22N2O7S2/c1-13-3-7-17(8-4-13)29(24,25)20-14(2)18(21)27-12-11-26-15-5-9-16(10-6-15)28(19,22)23/h3-10,14,20H,11-12H2,1-2H3,(H2,19,22,23). The van der Waals surface area contributed by atoms with Crippen LogP contribution in [0.3, 0.4) is 0 Å². The molecule has 0 saturated carbocycles. The van der Waals surface area contributed by atoms with Gasteiger partial charge >= 0.3 is 5.97 Å². The van der Waals surface area contributed by atoms with E-state index in [0.717, 1.165) is 5.56 Å². The summed E-state index contributed by atoms with van der Waals surface area (Å²) in [4.78, 5) is 12.0. The number of aryl methyl sites for hydroxylation is 1. The smallest absolute Gasteiger partial charge is 0.324 e. The number of primary sulfonamides is 1. The average Bonchev–Trinajstić information content (AvgIpc) is 2.64. The molecule has 1 unspecified atom stereocenters. The highest BCUT2D eigenvalue weighted by molar-refractivity contribution is 7.89. The molecule has 0 amide bonds. The zero-order valence-electron chi connectivity index (χ0n) is 15.9. The van der Waals surface area contributed by atoms with Gasteiger partial charge in [-0.3, -0.25) is 4.79 Å². The molecule has 0 heterocycles. The van der Waals surface area contributed by atoms with Crippen molar-refractivity contribution in [3.05, 3.63) is 54.1 Å². The maximum atomic E-state index is 12.3. The minimum absolute atomic E-state index is 0.00209.